The molecule has 1 aliphatic rings. The first-order valence-corrected chi connectivity index (χ1v) is 6.32. The summed E-state index contributed by atoms with van der Waals surface area (Å²) in [7, 11) is 0. The zero-order valence-electron chi connectivity index (χ0n) is 10.8. The highest BCUT2D eigenvalue weighted by Crippen LogP contribution is 2.20. The number of benzene rings is 1. The lowest BCUT2D eigenvalue weighted by Gasteiger charge is -2.22. The van der Waals surface area contributed by atoms with Gasteiger partial charge in [-0.1, -0.05) is 30.3 Å². The van der Waals surface area contributed by atoms with Gasteiger partial charge in [0.25, 0.3) is 0 Å². The van der Waals surface area contributed by atoms with Crippen molar-refractivity contribution in [2.24, 2.45) is 0 Å². The summed E-state index contributed by atoms with van der Waals surface area (Å²) in [6.45, 7) is 4.50. The normalized spacial score (nSPS) is 24.9. The Morgan fingerprint density at radius 3 is 2.83 bits per heavy atom. The van der Waals surface area contributed by atoms with Crippen LogP contribution in [0.25, 0.3) is 0 Å². The number of cyclic esters (lactones) is 1. The van der Waals surface area contributed by atoms with E-state index in [1.807, 2.05) is 25.1 Å². The van der Waals surface area contributed by atoms with Crippen molar-refractivity contribution in [3.8, 4) is 0 Å². The van der Waals surface area contributed by atoms with Gasteiger partial charge in [-0.25, -0.2) is 0 Å². The molecule has 1 saturated heterocycles. The van der Waals surface area contributed by atoms with Gasteiger partial charge < -0.3 is 14.8 Å². The van der Waals surface area contributed by atoms with E-state index in [-0.39, 0.29) is 18.1 Å². The number of ether oxygens (including phenoxy) is 2. The smallest absolute Gasteiger partial charge is 0.309 e. The molecule has 2 unspecified atom stereocenters. The van der Waals surface area contributed by atoms with Gasteiger partial charge in [0.1, 0.15) is 0 Å². The van der Waals surface area contributed by atoms with E-state index >= 15 is 0 Å². The number of nitrogens with one attached hydrogen (secondary N) is 1. The van der Waals surface area contributed by atoms with Crippen molar-refractivity contribution in [3.05, 3.63) is 35.9 Å². The highest BCUT2D eigenvalue weighted by molar-refractivity contribution is 5.72. The monoisotopic (exact) mass is 249 g/mol. The third-order valence-electron chi connectivity index (χ3n) is 3.06. The van der Waals surface area contributed by atoms with E-state index < -0.39 is 6.29 Å². The van der Waals surface area contributed by atoms with Crippen LogP contribution in [0.15, 0.2) is 30.3 Å². The Labute approximate surface area is 107 Å². The first-order chi connectivity index (χ1) is 8.70. The van der Waals surface area contributed by atoms with Crippen molar-refractivity contribution in [3.63, 3.8) is 0 Å². The van der Waals surface area contributed by atoms with Crippen LogP contribution in [0.4, 0.5) is 0 Å². The molecule has 0 bridgehead atoms. The van der Waals surface area contributed by atoms with E-state index in [0.29, 0.717) is 13.0 Å². The molecule has 0 aliphatic carbocycles. The molecule has 1 N–H and O–H groups in total. The largest absolute Gasteiger partial charge is 0.434 e. The summed E-state index contributed by atoms with van der Waals surface area (Å²) in [6, 6.07) is 10.2. The second-order valence-electron chi connectivity index (χ2n) is 4.42. The molecular weight excluding hydrogens is 230 g/mol. The van der Waals surface area contributed by atoms with E-state index in [9.17, 15) is 4.79 Å². The summed E-state index contributed by atoms with van der Waals surface area (Å²) in [5.41, 5.74) is 1.19. The Morgan fingerprint density at radius 2 is 2.17 bits per heavy atom. The van der Waals surface area contributed by atoms with Gasteiger partial charge in [0.15, 0.2) is 0 Å². The predicted molar refractivity (Wildman–Crippen MR) is 67.9 cm³/mol. The van der Waals surface area contributed by atoms with E-state index in [1.54, 1.807) is 0 Å². The van der Waals surface area contributed by atoms with Crippen LogP contribution >= 0.6 is 0 Å². The maximum Gasteiger partial charge on any atom is 0.309 e. The van der Waals surface area contributed by atoms with E-state index in [0.717, 1.165) is 0 Å². The lowest BCUT2D eigenvalue weighted by atomic mass is 10.1. The van der Waals surface area contributed by atoms with Crippen LogP contribution in [0.1, 0.15) is 31.9 Å². The second kappa shape index (κ2) is 5.98. The third kappa shape index (κ3) is 3.09. The molecule has 0 saturated carbocycles. The first-order valence-electron chi connectivity index (χ1n) is 6.32. The summed E-state index contributed by atoms with van der Waals surface area (Å²) >= 11 is 0. The number of carbonyl (C=O) groups is 1. The zero-order valence-corrected chi connectivity index (χ0v) is 10.8. The Kier molecular flexibility index (Phi) is 4.33. The van der Waals surface area contributed by atoms with E-state index in [4.69, 9.17) is 9.47 Å². The van der Waals surface area contributed by atoms with Crippen LogP contribution in [-0.4, -0.2) is 24.9 Å². The van der Waals surface area contributed by atoms with Crippen molar-refractivity contribution >= 4 is 5.97 Å². The fourth-order valence-electron chi connectivity index (χ4n) is 2.15. The predicted octanol–water partition coefficient (Wildman–Crippen LogP) is 2.02. The minimum absolute atomic E-state index is 0.0762. The number of carbonyl (C=O) groups excluding carboxylic acids is 1. The van der Waals surface area contributed by atoms with Gasteiger partial charge in [0.2, 0.25) is 6.29 Å². The highest BCUT2D eigenvalue weighted by Gasteiger charge is 2.36. The van der Waals surface area contributed by atoms with Gasteiger partial charge in [-0.05, 0) is 19.4 Å². The SMILES string of the molecule is CCOC1OC(=O)CC1N[C@H](C)c1ccccc1. The summed E-state index contributed by atoms with van der Waals surface area (Å²) < 4.78 is 10.5. The highest BCUT2D eigenvalue weighted by atomic mass is 16.7. The van der Waals surface area contributed by atoms with Gasteiger partial charge >= 0.3 is 5.97 Å². The summed E-state index contributed by atoms with van der Waals surface area (Å²) in [4.78, 5) is 11.3. The van der Waals surface area contributed by atoms with Crippen molar-refractivity contribution in [1.82, 2.24) is 5.32 Å². The third-order valence-corrected chi connectivity index (χ3v) is 3.06. The first kappa shape index (κ1) is 13.1. The molecule has 0 amide bonds. The van der Waals surface area contributed by atoms with Crippen molar-refractivity contribution in [2.75, 3.05) is 6.61 Å². The average Bonchev–Trinajstić information content (AvgIpc) is 2.71. The minimum Gasteiger partial charge on any atom is -0.434 e. The molecule has 4 heteroatoms. The molecule has 1 aromatic rings. The van der Waals surface area contributed by atoms with Gasteiger partial charge in [-0.3, -0.25) is 4.79 Å². The summed E-state index contributed by atoms with van der Waals surface area (Å²) in [6.07, 6.45) is -0.101. The van der Waals surface area contributed by atoms with Crippen molar-refractivity contribution < 1.29 is 14.3 Å². The lowest BCUT2D eigenvalue weighted by Crippen LogP contribution is -2.39. The van der Waals surface area contributed by atoms with Gasteiger partial charge in [-0.15, -0.1) is 0 Å². The maximum atomic E-state index is 11.3. The van der Waals surface area contributed by atoms with Gasteiger partial charge in [-0.2, -0.15) is 0 Å². The molecule has 2 rings (SSSR count). The fourth-order valence-corrected chi connectivity index (χ4v) is 2.15. The van der Waals surface area contributed by atoms with E-state index in [1.165, 1.54) is 5.56 Å². The number of hydrogen-bond donors (Lipinski definition) is 1. The van der Waals surface area contributed by atoms with Crippen LogP contribution in [0.2, 0.25) is 0 Å². The van der Waals surface area contributed by atoms with Crippen molar-refractivity contribution in [2.45, 2.75) is 38.6 Å². The molecule has 1 aliphatic heterocycles. The number of rotatable bonds is 5. The Bertz CT molecular complexity index is 393. The van der Waals surface area contributed by atoms with Crippen LogP contribution in [0.3, 0.4) is 0 Å². The molecule has 3 atom stereocenters. The molecule has 4 nitrogen and oxygen atoms in total. The molecule has 0 aromatic heterocycles. The summed E-state index contributed by atoms with van der Waals surface area (Å²) in [5, 5.41) is 3.39. The molecule has 0 radical (unpaired) electrons. The molecule has 1 heterocycles. The topological polar surface area (TPSA) is 47.6 Å². The maximum absolute atomic E-state index is 11.3. The van der Waals surface area contributed by atoms with Crippen LogP contribution in [0, 0.1) is 0 Å². The quantitative estimate of drug-likeness (QED) is 0.811. The number of esters is 1. The van der Waals surface area contributed by atoms with Gasteiger partial charge in [0.05, 0.1) is 12.5 Å². The molecule has 98 valence electrons. The standard InChI is InChI=1S/C14H19NO3/c1-3-17-14-12(9-13(16)18-14)15-10(2)11-7-5-4-6-8-11/h4-8,10,12,14-15H,3,9H2,1-2H3/t10-,12?,14?/m1/s1. The number of hydrogen-bond acceptors (Lipinski definition) is 4. The molecule has 1 fully saturated rings. The zero-order chi connectivity index (χ0) is 13.0. The Hall–Kier alpha value is -1.39. The molecule has 18 heavy (non-hydrogen) atoms. The Balaban J connectivity index is 1.97. The van der Waals surface area contributed by atoms with E-state index in [2.05, 4.69) is 24.4 Å². The summed E-state index contributed by atoms with van der Waals surface area (Å²) in [5.74, 6) is -0.203. The van der Waals surface area contributed by atoms with Gasteiger partial charge in [0, 0.05) is 12.6 Å². The second-order valence-corrected chi connectivity index (χ2v) is 4.42. The average molecular weight is 249 g/mol. The molecule has 0 spiro atoms. The molecule has 1 aromatic carbocycles. The van der Waals surface area contributed by atoms with Crippen LogP contribution in [-0.2, 0) is 14.3 Å². The lowest BCUT2D eigenvalue weighted by molar-refractivity contribution is -0.163. The fraction of sp³-hybridized carbons (Fsp3) is 0.500. The van der Waals surface area contributed by atoms with Crippen LogP contribution < -0.4 is 5.32 Å². The molecular formula is C14H19NO3. The Morgan fingerprint density at radius 1 is 1.44 bits per heavy atom. The van der Waals surface area contributed by atoms with Crippen LogP contribution in [0.5, 0.6) is 0 Å². The minimum atomic E-state index is -0.464. The van der Waals surface area contributed by atoms with Crippen molar-refractivity contribution in [1.29, 1.82) is 0 Å².